The number of hydrogen-bond acceptors (Lipinski definition) is 4. The Balaban J connectivity index is 3.17. The summed E-state index contributed by atoms with van der Waals surface area (Å²) in [7, 11) is 2.07. The number of nitrogens with zero attached hydrogens (tertiary/aromatic N) is 2. The van der Waals surface area contributed by atoms with E-state index in [0.29, 0.717) is 6.42 Å². The van der Waals surface area contributed by atoms with Gasteiger partial charge in [-0.15, -0.1) is 0 Å². The Kier molecular flexibility index (Phi) is 7.33. The number of rotatable bonds is 7. The maximum absolute atomic E-state index is 8.24. The van der Waals surface area contributed by atoms with Gasteiger partial charge in [0.25, 0.3) is 0 Å². The Morgan fingerprint density at radius 3 is 2.77 bits per heavy atom. The molecule has 0 saturated carbocycles. The van der Waals surface area contributed by atoms with Crippen molar-refractivity contribution < 1.29 is 5.21 Å². The fraction of sp³-hybridized carbons (Fsp3) is 0.875. The van der Waals surface area contributed by atoms with Crippen LogP contribution in [0.2, 0.25) is 0 Å². The first-order valence-corrected chi connectivity index (χ1v) is 4.56. The van der Waals surface area contributed by atoms with Gasteiger partial charge in [0.15, 0.2) is 0 Å². The molecule has 13 heavy (non-hydrogen) atoms. The van der Waals surface area contributed by atoms with Crippen molar-refractivity contribution in [1.29, 1.82) is 0 Å². The predicted octanol–water partition coefficient (Wildman–Crippen LogP) is -0.336. The highest BCUT2D eigenvalue weighted by molar-refractivity contribution is 5.79. The van der Waals surface area contributed by atoms with Crippen molar-refractivity contribution >= 4 is 5.84 Å². The number of nitrogens with two attached hydrogens (primary N) is 1. The number of hydrogen-bond donors (Lipinski definition) is 3. The first kappa shape index (κ1) is 12.2. The normalized spacial score (nSPS) is 12.4. The molecule has 0 fully saturated rings. The maximum atomic E-state index is 8.24. The summed E-state index contributed by atoms with van der Waals surface area (Å²) in [6.45, 7) is 5.89. The topological polar surface area (TPSA) is 73.9 Å². The van der Waals surface area contributed by atoms with E-state index in [9.17, 15) is 0 Å². The van der Waals surface area contributed by atoms with Crippen molar-refractivity contribution in [1.82, 2.24) is 10.2 Å². The second-order valence-corrected chi connectivity index (χ2v) is 2.99. The molecule has 0 aliphatic heterocycles. The summed E-state index contributed by atoms with van der Waals surface area (Å²) in [5.74, 6) is 0.274. The van der Waals surface area contributed by atoms with Crippen LogP contribution < -0.4 is 11.1 Å². The number of likely N-dealkylation sites (N-methyl/N-ethyl adjacent to an activating group) is 1. The lowest BCUT2D eigenvalue weighted by Crippen LogP contribution is -2.31. The zero-order valence-electron chi connectivity index (χ0n) is 8.45. The van der Waals surface area contributed by atoms with Crippen molar-refractivity contribution in [3.63, 3.8) is 0 Å². The Labute approximate surface area is 79.6 Å². The van der Waals surface area contributed by atoms with E-state index < -0.39 is 0 Å². The summed E-state index contributed by atoms with van der Waals surface area (Å²) in [6.07, 6.45) is 0.590. The average Bonchev–Trinajstić information content (AvgIpc) is 2.16. The molecule has 0 unspecified atom stereocenters. The fourth-order valence-corrected chi connectivity index (χ4v) is 0.819. The Hall–Kier alpha value is -0.810. The van der Waals surface area contributed by atoms with E-state index in [2.05, 4.69) is 29.3 Å². The molecular weight excluding hydrogens is 168 g/mol. The molecular formula is C8H20N4O. The predicted molar refractivity (Wildman–Crippen MR) is 54.1 cm³/mol. The Morgan fingerprint density at radius 2 is 2.23 bits per heavy atom. The van der Waals surface area contributed by atoms with Gasteiger partial charge in [-0.3, -0.25) is 0 Å². The van der Waals surface area contributed by atoms with E-state index in [1.54, 1.807) is 0 Å². The molecule has 5 nitrogen and oxygen atoms in total. The molecule has 0 aromatic rings. The zero-order chi connectivity index (χ0) is 10.1. The van der Waals surface area contributed by atoms with Gasteiger partial charge in [-0.2, -0.15) is 0 Å². The molecule has 0 atom stereocenters. The third-order valence-electron chi connectivity index (χ3n) is 1.90. The van der Waals surface area contributed by atoms with Crippen LogP contribution in [-0.4, -0.2) is 49.2 Å². The lowest BCUT2D eigenvalue weighted by atomic mass is 10.4. The van der Waals surface area contributed by atoms with Gasteiger partial charge in [-0.05, 0) is 13.6 Å². The fourth-order valence-electron chi connectivity index (χ4n) is 0.819. The van der Waals surface area contributed by atoms with E-state index >= 15 is 0 Å². The molecule has 0 aromatic carbocycles. The quantitative estimate of drug-likeness (QED) is 0.168. The summed E-state index contributed by atoms with van der Waals surface area (Å²) < 4.78 is 0. The highest BCUT2D eigenvalue weighted by atomic mass is 16.4. The van der Waals surface area contributed by atoms with Gasteiger partial charge in [-0.1, -0.05) is 12.1 Å². The van der Waals surface area contributed by atoms with Crippen molar-refractivity contribution in [3.05, 3.63) is 0 Å². The SMILES string of the molecule is CCN(C)CCNCCC(N)=NO. The molecule has 78 valence electrons. The van der Waals surface area contributed by atoms with Crippen LogP contribution in [0.1, 0.15) is 13.3 Å². The molecule has 0 radical (unpaired) electrons. The molecule has 0 heterocycles. The van der Waals surface area contributed by atoms with Gasteiger partial charge >= 0.3 is 0 Å². The molecule has 0 aliphatic rings. The highest BCUT2D eigenvalue weighted by Gasteiger charge is 1.94. The minimum Gasteiger partial charge on any atom is -0.409 e. The molecule has 0 spiro atoms. The molecule has 4 N–H and O–H groups in total. The second-order valence-electron chi connectivity index (χ2n) is 2.99. The third-order valence-corrected chi connectivity index (χ3v) is 1.90. The highest BCUT2D eigenvalue weighted by Crippen LogP contribution is 1.79. The monoisotopic (exact) mass is 188 g/mol. The lowest BCUT2D eigenvalue weighted by molar-refractivity contribution is 0.316. The summed E-state index contributed by atoms with van der Waals surface area (Å²) >= 11 is 0. The Morgan fingerprint density at radius 1 is 1.54 bits per heavy atom. The van der Waals surface area contributed by atoms with E-state index in [0.717, 1.165) is 26.2 Å². The average molecular weight is 188 g/mol. The first-order valence-electron chi connectivity index (χ1n) is 4.56. The van der Waals surface area contributed by atoms with Crippen molar-refractivity contribution in [2.75, 3.05) is 33.2 Å². The van der Waals surface area contributed by atoms with Gasteiger partial charge in [0, 0.05) is 26.1 Å². The molecule has 0 saturated heterocycles. The zero-order valence-corrected chi connectivity index (χ0v) is 8.45. The lowest BCUT2D eigenvalue weighted by Gasteiger charge is -2.13. The van der Waals surface area contributed by atoms with Crippen LogP contribution in [-0.2, 0) is 0 Å². The molecule has 0 aromatic heterocycles. The summed E-state index contributed by atoms with van der Waals surface area (Å²) in [5.41, 5.74) is 5.29. The van der Waals surface area contributed by atoms with Crippen LogP contribution in [0.25, 0.3) is 0 Å². The maximum Gasteiger partial charge on any atom is 0.140 e. The number of amidine groups is 1. The molecule has 0 rings (SSSR count). The van der Waals surface area contributed by atoms with Crippen molar-refractivity contribution in [3.8, 4) is 0 Å². The van der Waals surface area contributed by atoms with E-state index in [-0.39, 0.29) is 5.84 Å². The van der Waals surface area contributed by atoms with Gasteiger partial charge < -0.3 is 21.2 Å². The summed E-state index contributed by atoms with van der Waals surface area (Å²) in [5, 5.41) is 14.3. The van der Waals surface area contributed by atoms with Gasteiger partial charge in [0.2, 0.25) is 0 Å². The first-order chi connectivity index (χ1) is 6.20. The minimum absolute atomic E-state index is 0.274. The van der Waals surface area contributed by atoms with Crippen LogP contribution in [0.5, 0.6) is 0 Å². The molecule has 0 bridgehead atoms. The summed E-state index contributed by atoms with van der Waals surface area (Å²) in [6, 6.07) is 0. The smallest absolute Gasteiger partial charge is 0.140 e. The van der Waals surface area contributed by atoms with Crippen LogP contribution >= 0.6 is 0 Å². The summed E-state index contributed by atoms with van der Waals surface area (Å²) in [4.78, 5) is 2.22. The largest absolute Gasteiger partial charge is 0.409 e. The third kappa shape index (κ3) is 7.55. The molecule has 0 amide bonds. The van der Waals surface area contributed by atoms with Gasteiger partial charge in [-0.25, -0.2) is 0 Å². The van der Waals surface area contributed by atoms with Crippen LogP contribution in [0.4, 0.5) is 0 Å². The van der Waals surface area contributed by atoms with E-state index in [1.165, 1.54) is 0 Å². The van der Waals surface area contributed by atoms with Gasteiger partial charge in [0.05, 0.1) is 0 Å². The van der Waals surface area contributed by atoms with Crippen LogP contribution in [0, 0.1) is 0 Å². The molecule has 0 aliphatic carbocycles. The molecule has 5 heteroatoms. The van der Waals surface area contributed by atoms with E-state index in [1.807, 2.05) is 0 Å². The van der Waals surface area contributed by atoms with Crippen LogP contribution in [0.15, 0.2) is 5.16 Å². The van der Waals surface area contributed by atoms with Crippen molar-refractivity contribution in [2.45, 2.75) is 13.3 Å². The Bertz CT molecular complexity index is 149. The standard InChI is InChI=1S/C8H20N4O/c1-3-12(2)7-6-10-5-4-8(9)11-13/h10,13H,3-7H2,1-2H3,(H2,9,11). The van der Waals surface area contributed by atoms with Crippen LogP contribution in [0.3, 0.4) is 0 Å². The number of nitrogens with one attached hydrogen (secondary N) is 1. The van der Waals surface area contributed by atoms with Crippen molar-refractivity contribution in [2.24, 2.45) is 10.9 Å². The second kappa shape index (κ2) is 7.82. The van der Waals surface area contributed by atoms with E-state index in [4.69, 9.17) is 10.9 Å². The van der Waals surface area contributed by atoms with Gasteiger partial charge in [0.1, 0.15) is 5.84 Å². The number of oxime groups is 1. The minimum atomic E-state index is 0.274.